The summed E-state index contributed by atoms with van der Waals surface area (Å²) in [6.07, 6.45) is -0.808. The Balaban J connectivity index is 2.34. The number of hydrogen-bond acceptors (Lipinski definition) is 5. The van der Waals surface area contributed by atoms with Gasteiger partial charge < -0.3 is 9.84 Å². The van der Waals surface area contributed by atoms with E-state index in [4.69, 9.17) is 10.00 Å². The highest BCUT2D eigenvalue weighted by atomic mass is 32.2. The third-order valence-corrected chi connectivity index (χ3v) is 2.44. The van der Waals surface area contributed by atoms with Gasteiger partial charge in [-0.15, -0.1) is 0 Å². The van der Waals surface area contributed by atoms with Crippen molar-refractivity contribution >= 4 is 17.7 Å². The summed E-state index contributed by atoms with van der Waals surface area (Å²) in [6, 6.07) is 8.55. The number of thioether (sulfide) groups is 1. The largest absolute Gasteiger partial charge is 0.459 e. The minimum Gasteiger partial charge on any atom is -0.459 e. The first-order chi connectivity index (χ1) is 7.74. The minimum atomic E-state index is -0.808. The van der Waals surface area contributed by atoms with Crippen LogP contribution in [0.1, 0.15) is 10.4 Å². The molecule has 84 valence electrons. The second kappa shape index (κ2) is 6.88. The molecule has 0 saturated heterocycles. The summed E-state index contributed by atoms with van der Waals surface area (Å²) >= 11 is 0.928. The van der Waals surface area contributed by atoms with Gasteiger partial charge in [-0.1, -0.05) is 18.2 Å². The van der Waals surface area contributed by atoms with Crippen molar-refractivity contribution in [3.8, 4) is 5.40 Å². The van der Waals surface area contributed by atoms with Crippen LogP contribution in [0.3, 0.4) is 0 Å². The first-order valence-electron chi connectivity index (χ1n) is 4.65. The second-order valence-corrected chi connectivity index (χ2v) is 3.83. The highest BCUT2D eigenvalue weighted by Crippen LogP contribution is 2.04. The van der Waals surface area contributed by atoms with Crippen molar-refractivity contribution in [1.29, 1.82) is 5.26 Å². The molecule has 0 heterocycles. The van der Waals surface area contributed by atoms with E-state index in [1.165, 1.54) is 0 Å². The topological polar surface area (TPSA) is 70.3 Å². The molecule has 1 aromatic rings. The number of ether oxygens (including phenoxy) is 1. The Hall–Kier alpha value is -1.51. The normalized spacial score (nSPS) is 11.5. The molecule has 1 rings (SSSR count). The Morgan fingerprint density at radius 3 is 2.81 bits per heavy atom. The van der Waals surface area contributed by atoms with Crippen LogP contribution in [0, 0.1) is 10.7 Å². The Kier molecular flexibility index (Phi) is 5.40. The predicted molar refractivity (Wildman–Crippen MR) is 60.8 cm³/mol. The fourth-order valence-electron chi connectivity index (χ4n) is 1.01. The smallest absolute Gasteiger partial charge is 0.338 e. The van der Waals surface area contributed by atoms with Crippen LogP contribution >= 0.6 is 11.8 Å². The molecule has 0 saturated carbocycles. The number of benzene rings is 1. The van der Waals surface area contributed by atoms with E-state index in [0.717, 1.165) is 11.8 Å². The third-order valence-electron chi connectivity index (χ3n) is 1.76. The number of rotatable bonds is 5. The van der Waals surface area contributed by atoms with Crippen molar-refractivity contribution in [3.05, 3.63) is 35.9 Å². The number of aliphatic hydroxyl groups is 1. The summed E-state index contributed by atoms with van der Waals surface area (Å²) < 4.78 is 4.88. The van der Waals surface area contributed by atoms with Gasteiger partial charge in [-0.2, -0.15) is 5.26 Å². The van der Waals surface area contributed by atoms with Crippen LogP contribution in [0.15, 0.2) is 30.3 Å². The Bertz CT molecular complexity index is 375. The van der Waals surface area contributed by atoms with E-state index in [2.05, 4.69) is 0 Å². The lowest BCUT2D eigenvalue weighted by molar-refractivity contribution is 0.0306. The quantitative estimate of drug-likeness (QED) is 0.619. The maximum absolute atomic E-state index is 11.4. The number of aliphatic hydroxyl groups excluding tert-OH is 1. The fraction of sp³-hybridized carbons (Fsp3) is 0.273. The van der Waals surface area contributed by atoms with Crippen molar-refractivity contribution in [3.63, 3.8) is 0 Å². The SMILES string of the molecule is N#CSCC(O)COC(=O)c1ccccc1. The van der Waals surface area contributed by atoms with Crippen LogP contribution in [0.2, 0.25) is 0 Å². The van der Waals surface area contributed by atoms with Crippen LogP contribution < -0.4 is 0 Å². The van der Waals surface area contributed by atoms with Gasteiger partial charge in [0.15, 0.2) is 0 Å². The summed E-state index contributed by atoms with van der Waals surface area (Å²) in [5.41, 5.74) is 0.447. The zero-order valence-corrected chi connectivity index (χ0v) is 9.31. The summed E-state index contributed by atoms with van der Waals surface area (Å²) in [7, 11) is 0. The number of thiocyanates is 1. The van der Waals surface area contributed by atoms with Gasteiger partial charge in [-0.3, -0.25) is 0 Å². The van der Waals surface area contributed by atoms with E-state index in [9.17, 15) is 9.90 Å². The Labute approximate surface area is 97.8 Å². The molecule has 4 nitrogen and oxygen atoms in total. The molecule has 0 bridgehead atoms. The van der Waals surface area contributed by atoms with E-state index in [1.807, 2.05) is 5.40 Å². The number of esters is 1. The van der Waals surface area contributed by atoms with Crippen molar-refractivity contribution < 1.29 is 14.6 Å². The molecule has 0 radical (unpaired) electrons. The summed E-state index contributed by atoms with van der Waals surface area (Å²) in [4.78, 5) is 11.4. The Morgan fingerprint density at radius 1 is 1.50 bits per heavy atom. The zero-order valence-electron chi connectivity index (χ0n) is 8.50. The molecule has 1 N–H and O–H groups in total. The zero-order chi connectivity index (χ0) is 11.8. The molecular weight excluding hydrogens is 226 g/mol. The molecule has 0 fully saturated rings. The average Bonchev–Trinajstić information content (AvgIpc) is 2.34. The molecule has 1 aromatic carbocycles. The molecule has 1 unspecified atom stereocenters. The van der Waals surface area contributed by atoms with Crippen LogP contribution in [0.4, 0.5) is 0 Å². The van der Waals surface area contributed by atoms with Gasteiger partial charge in [0.05, 0.1) is 11.7 Å². The van der Waals surface area contributed by atoms with Gasteiger partial charge in [0.1, 0.15) is 12.0 Å². The number of hydrogen-bond donors (Lipinski definition) is 1. The number of carbonyl (C=O) groups excluding carboxylic acids is 1. The highest BCUT2D eigenvalue weighted by molar-refractivity contribution is 8.03. The molecule has 0 aliphatic carbocycles. The lowest BCUT2D eigenvalue weighted by Gasteiger charge is -2.08. The lowest BCUT2D eigenvalue weighted by atomic mass is 10.2. The van der Waals surface area contributed by atoms with E-state index >= 15 is 0 Å². The van der Waals surface area contributed by atoms with E-state index in [1.54, 1.807) is 30.3 Å². The van der Waals surface area contributed by atoms with Crippen molar-refractivity contribution in [1.82, 2.24) is 0 Å². The van der Waals surface area contributed by atoms with Gasteiger partial charge in [0.2, 0.25) is 0 Å². The Morgan fingerprint density at radius 2 is 2.19 bits per heavy atom. The molecule has 5 heteroatoms. The van der Waals surface area contributed by atoms with Crippen molar-refractivity contribution in [2.75, 3.05) is 12.4 Å². The van der Waals surface area contributed by atoms with E-state index in [-0.39, 0.29) is 12.4 Å². The lowest BCUT2D eigenvalue weighted by Crippen LogP contribution is -2.20. The predicted octanol–water partition coefficient (Wildman–Crippen LogP) is 1.42. The van der Waals surface area contributed by atoms with Crippen LogP contribution in [-0.4, -0.2) is 29.5 Å². The van der Waals surface area contributed by atoms with Gasteiger partial charge in [-0.05, 0) is 23.9 Å². The first-order valence-corrected chi connectivity index (χ1v) is 5.63. The molecular formula is C11H11NO3S. The molecule has 0 amide bonds. The van der Waals surface area contributed by atoms with Crippen LogP contribution in [0.25, 0.3) is 0 Å². The average molecular weight is 237 g/mol. The van der Waals surface area contributed by atoms with Crippen LogP contribution in [-0.2, 0) is 4.74 Å². The fourth-order valence-corrected chi connectivity index (χ4v) is 1.37. The van der Waals surface area contributed by atoms with Crippen LogP contribution in [0.5, 0.6) is 0 Å². The minimum absolute atomic E-state index is 0.0948. The summed E-state index contributed by atoms with van der Waals surface area (Å²) in [6.45, 7) is -0.0948. The summed E-state index contributed by atoms with van der Waals surface area (Å²) in [5, 5.41) is 19.4. The molecule has 16 heavy (non-hydrogen) atoms. The van der Waals surface area contributed by atoms with E-state index < -0.39 is 12.1 Å². The van der Waals surface area contributed by atoms with Gasteiger partial charge >= 0.3 is 5.97 Å². The van der Waals surface area contributed by atoms with E-state index in [0.29, 0.717) is 5.56 Å². The number of carbonyl (C=O) groups is 1. The highest BCUT2D eigenvalue weighted by Gasteiger charge is 2.10. The number of nitrogens with zero attached hydrogens (tertiary/aromatic N) is 1. The monoisotopic (exact) mass is 237 g/mol. The standard InChI is InChI=1S/C11H11NO3S/c12-8-16-7-10(13)6-15-11(14)9-4-2-1-3-5-9/h1-5,10,13H,6-7H2. The molecule has 0 aliphatic heterocycles. The van der Waals surface area contributed by atoms with Crippen molar-refractivity contribution in [2.45, 2.75) is 6.10 Å². The number of nitriles is 1. The molecule has 0 aromatic heterocycles. The maximum atomic E-state index is 11.4. The van der Waals surface area contributed by atoms with Gasteiger partial charge in [0, 0.05) is 5.75 Å². The molecule has 0 aliphatic rings. The first kappa shape index (κ1) is 12.6. The summed E-state index contributed by atoms with van der Waals surface area (Å²) in [5.74, 6) is -0.236. The van der Waals surface area contributed by atoms with Gasteiger partial charge in [-0.25, -0.2) is 4.79 Å². The molecule has 0 spiro atoms. The van der Waals surface area contributed by atoms with Gasteiger partial charge in [0.25, 0.3) is 0 Å². The second-order valence-electron chi connectivity index (χ2n) is 3.02. The molecule has 1 atom stereocenters. The maximum Gasteiger partial charge on any atom is 0.338 e. The van der Waals surface area contributed by atoms with Crippen molar-refractivity contribution in [2.24, 2.45) is 0 Å². The third kappa shape index (κ3) is 4.34.